The number of aromatic amines is 1. The highest BCUT2D eigenvalue weighted by atomic mass is 32.2. The van der Waals surface area contributed by atoms with Crippen molar-refractivity contribution in [3.05, 3.63) is 52.6 Å². The largest absolute Gasteiger partial charge is 0.348 e. The number of carbonyl (C=O) groups is 1. The van der Waals surface area contributed by atoms with Crippen molar-refractivity contribution in [3.63, 3.8) is 0 Å². The van der Waals surface area contributed by atoms with Crippen molar-refractivity contribution in [3.8, 4) is 12.1 Å². The normalized spacial score (nSPS) is 11.7. The minimum Gasteiger partial charge on any atom is -0.348 e. The molecule has 6 nitrogen and oxygen atoms in total. The maximum atomic E-state index is 12.6. The number of nitriles is 2. The molecule has 0 saturated carbocycles. The van der Waals surface area contributed by atoms with E-state index in [1.807, 2.05) is 12.1 Å². The number of pyridine rings is 1. The number of amides is 1. The van der Waals surface area contributed by atoms with E-state index in [-0.39, 0.29) is 35.0 Å². The van der Waals surface area contributed by atoms with Crippen molar-refractivity contribution >= 4 is 23.5 Å². The fourth-order valence-corrected chi connectivity index (χ4v) is 3.71. The molecule has 0 fully saturated rings. The van der Waals surface area contributed by atoms with E-state index in [2.05, 4.69) is 62.3 Å². The van der Waals surface area contributed by atoms with Gasteiger partial charge in [0.05, 0.1) is 11.8 Å². The second kappa shape index (κ2) is 9.95. The molecule has 2 rings (SSSR count). The number of hydrogen-bond acceptors (Lipinski definition) is 5. The second-order valence-corrected chi connectivity index (χ2v) is 8.45. The lowest BCUT2D eigenvalue weighted by Gasteiger charge is -2.23. The molecule has 0 aliphatic rings. The Bertz CT molecular complexity index is 955. The van der Waals surface area contributed by atoms with Gasteiger partial charge in [0.1, 0.15) is 23.3 Å². The molecule has 150 valence electrons. The van der Waals surface area contributed by atoms with E-state index in [1.165, 1.54) is 23.4 Å². The minimum atomic E-state index is -0.137. The first-order valence-corrected chi connectivity index (χ1v) is 10.4. The summed E-state index contributed by atoms with van der Waals surface area (Å²) < 4.78 is 0. The number of carbonyl (C=O) groups excluding carboxylic acids is 1. The fourth-order valence-electron chi connectivity index (χ4n) is 2.91. The molecule has 29 heavy (non-hydrogen) atoms. The number of benzene rings is 1. The maximum absolute atomic E-state index is 12.6. The van der Waals surface area contributed by atoms with Crippen LogP contribution in [-0.4, -0.2) is 11.7 Å². The summed E-state index contributed by atoms with van der Waals surface area (Å²) in [7, 11) is 0. The average Bonchev–Trinajstić information content (AvgIpc) is 2.70. The summed E-state index contributed by atoms with van der Waals surface area (Å²) in [6, 6.07) is 13.6. The molecule has 0 aliphatic carbocycles. The maximum Gasteiger partial charge on any atom is 0.289 e. The van der Waals surface area contributed by atoms with E-state index in [0.29, 0.717) is 16.5 Å². The number of nitrogens with two attached hydrogens (primary N) is 1. The molecule has 0 bridgehead atoms. The Kier molecular flexibility index (Phi) is 7.64. The number of nitrogens with one attached hydrogen (secondary N) is 2. The summed E-state index contributed by atoms with van der Waals surface area (Å²) >= 11 is 1.19. The van der Waals surface area contributed by atoms with E-state index in [9.17, 15) is 10.1 Å². The predicted octanol–water partition coefficient (Wildman–Crippen LogP) is 3.56. The van der Waals surface area contributed by atoms with Gasteiger partial charge < -0.3 is 5.32 Å². The van der Waals surface area contributed by atoms with Crippen molar-refractivity contribution in [2.24, 2.45) is 5.92 Å². The molecule has 1 aromatic carbocycles. The third-order valence-corrected chi connectivity index (χ3v) is 5.62. The van der Waals surface area contributed by atoms with Gasteiger partial charge in [-0.25, -0.2) is 4.98 Å². The lowest BCUT2D eigenvalue weighted by atomic mass is 9.93. The lowest BCUT2D eigenvalue weighted by Crippen LogP contribution is -2.33. The molecule has 2 aromatic rings. The summed E-state index contributed by atoms with van der Waals surface area (Å²) in [6.07, 6.45) is 0. The number of anilines is 1. The van der Waals surface area contributed by atoms with Gasteiger partial charge in [-0.15, -0.1) is 0 Å². The van der Waals surface area contributed by atoms with Crippen LogP contribution in [0, 0.1) is 28.6 Å². The molecule has 0 saturated heterocycles. The van der Waals surface area contributed by atoms with Gasteiger partial charge in [0.15, 0.2) is 5.03 Å². The van der Waals surface area contributed by atoms with E-state index in [4.69, 9.17) is 11.0 Å². The molecular formula is C22H26N5OS+. The van der Waals surface area contributed by atoms with Crippen molar-refractivity contribution < 1.29 is 9.78 Å². The molecule has 1 atom stereocenters. The molecule has 0 unspecified atom stereocenters. The Morgan fingerprint density at radius 1 is 1.10 bits per heavy atom. The van der Waals surface area contributed by atoms with Gasteiger partial charge >= 0.3 is 0 Å². The first-order valence-electron chi connectivity index (χ1n) is 9.44. The van der Waals surface area contributed by atoms with Crippen molar-refractivity contribution in [1.82, 2.24) is 5.32 Å². The quantitative estimate of drug-likeness (QED) is 0.679. The van der Waals surface area contributed by atoms with E-state index in [0.717, 1.165) is 5.56 Å². The number of H-pyrrole nitrogens is 1. The van der Waals surface area contributed by atoms with E-state index < -0.39 is 0 Å². The molecule has 1 amide bonds. The zero-order valence-corrected chi connectivity index (χ0v) is 17.9. The standard InChI is InChI=1S/C22H25N5OS/c1-13(2)15-5-7-16(8-6-15)20(14(3)4)26-19(28)12-29-22-18(11-24)9-17(10-23)21(25)27-22/h5-9,13-14,20H,12H2,1-4H3,(H2,25,27)(H,26,28)/p+1/t20-/m1/s1. The molecule has 1 heterocycles. The summed E-state index contributed by atoms with van der Waals surface area (Å²) in [5.41, 5.74) is 8.61. The Morgan fingerprint density at radius 3 is 2.21 bits per heavy atom. The molecule has 1 aromatic heterocycles. The third kappa shape index (κ3) is 5.73. The van der Waals surface area contributed by atoms with E-state index in [1.54, 1.807) is 0 Å². The first kappa shape index (κ1) is 22.3. The molecule has 4 N–H and O–H groups in total. The number of aromatic nitrogens is 1. The first-order chi connectivity index (χ1) is 13.8. The predicted molar refractivity (Wildman–Crippen MR) is 114 cm³/mol. The fraction of sp³-hybridized carbons (Fsp3) is 0.364. The van der Waals surface area contributed by atoms with Gasteiger partial charge in [-0.1, -0.05) is 63.7 Å². The lowest BCUT2D eigenvalue weighted by molar-refractivity contribution is -0.410. The Balaban J connectivity index is 2.09. The Hall–Kier alpha value is -3.03. The van der Waals surface area contributed by atoms with Crippen LogP contribution in [0.2, 0.25) is 0 Å². The van der Waals surface area contributed by atoms with Crippen LogP contribution in [0.25, 0.3) is 0 Å². The number of rotatable bonds is 7. The summed E-state index contributed by atoms with van der Waals surface area (Å²) in [5, 5.41) is 21.9. The highest BCUT2D eigenvalue weighted by Gasteiger charge is 2.20. The van der Waals surface area contributed by atoms with Gasteiger partial charge in [-0.05, 0) is 29.0 Å². The zero-order valence-electron chi connectivity index (χ0n) is 17.1. The van der Waals surface area contributed by atoms with Crippen LogP contribution in [0.4, 0.5) is 5.82 Å². The molecule has 7 heteroatoms. The SMILES string of the molecule is CC(C)c1ccc([C@H](NC(=O)CSc2[nH+]c(N)c(C#N)cc2C#N)C(C)C)cc1. The van der Waals surface area contributed by atoms with Crippen LogP contribution in [0.3, 0.4) is 0 Å². The second-order valence-electron chi connectivity index (χ2n) is 7.46. The van der Waals surface area contributed by atoms with Crippen molar-refractivity contribution in [2.75, 3.05) is 11.5 Å². The average molecular weight is 409 g/mol. The van der Waals surface area contributed by atoms with Gasteiger partial charge in [0.2, 0.25) is 5.91 Å². The summed E-state index contributed by atoms with van der Waals surface area (Å²) in [6.45, 7) is 8.43. The monoisotopic (exact) mass is 408 g/mol. The molecule has 0 radical (unpaired) electrons. The van der Waals surface area contributed by atoms with Crippen LogP contribution >= 0.6 is 11.8 Å². The van der Waals surface area contributed by atoms with Crippen LogP contribution < -0.4 is 16.0 Å². The summed E-state index contributed by atoms with van der Waals surface area (Å²) in [5.74, 6) is 0.851. The van der Waals surface area contributed by atoms with Crippen molar-refractivity contribution in [1.29, 1.82) is 10.5 Å². The van der Waals surface area contributed by atoms with Gasteiger partial charge in [0.25, 0.3) is 5.82 Å². The van der Waals surface area contributed by atoms with Crippen LogP contribution in [0.1, 0.15) is 61.9 Å². The number of hydrogen-bond donors (Lipinski definition) is 2. The van der Waals surface area contributed by atoms with Gasteiger partial charge in [-0.3, -0.25) is 10.5 Å². The molecular weight excluding hydrogens is 382 g/mol. The number of thioether (sulfide) groups is 1. The van der Waals surface area contributed by atoms with Crippen LogP contribution in [0.15, 0.2) is 35.4 Å². The van der Waals surface area contributed by atoms with E-state index >= 15 is 0 Å². The zero-order chi connectivity index (χ0) is 21.6. The Labute approximate surface area is 176 Å². The number of nitrogen functional groups attached to an aromatic ring is 1. The number of nitrogens with zero attached hydrogens (tertiary/aromatic N) is 2. The Morgan fingerprint density at radius 2 is 1.69 bits per heavy atom. The molecule has 0 spiro atoms. The van der Waals surface area contributed by atoms with Crippen LogP contribution in [-0.2, 0) is 4.79 Å². The smallest absolute Gasteiger partial charge is 0.289 e. The van der Waals surface area contributed by atoms with Crippen LogP contribution in [0.5, 0.6) is 0 Å². The molecule has 0 aliphatic heterocycles. The summed E-state index contributed by atoms with van der Waals surface area (Å²) in [4.78, 5) is 15.4. The third-order valence-electron chi connectivity index (χ3n) is 4.61. The highest BCUT2D eigenvalue weighted by Crippen LogP contribution is 2.25. The highest BCUT2D eigenvalue weighted by molar-refractivity contribution is 7.99. The minimum absolute atomic E-state index is 0.102. The topological polar surface area (TPSA) is 117 Å². The van der Waals surface area contributed by atoms with Gasteiger partial charge in [0, 0.05) is 0 Å². The van der Waals surface area contributed by atoms with Gasteiger partial charge in [-0.2, -0.15) is 10.5 Å². The van der Waals surface area contributed by atoms with Crippen molar-refractivity contribution in [2.45, 2.75) is 44.7 Å².